The Bertz CT molecular complexity index is 1130. The quantitative estimate of drug-likeness (QED) is 0.503. The molecule has 1 atom stereocenters. The average Bonchev–Trinajstić information content (AvgIpc) is 2.66. The van der Waals surface area contributed by atoms with Gasteiger partial charge >= 0.3 is 5.97 Å². The molecule has 1 unspecified atom stereocenters. The van der Waals surface area contributed by atoms with Crippen LogP contribution in [0.1, 0.15) is 34.0 Å². The Kier molecular flexibility index (Phi) is 5.40. The molecule has 1 heterocycles. The van der Waals surface area contributed by atoms with Crippen LogP contribution < -0.4 is 5.56 Å². The van der Waals surface area contributed by atoms with Crippen molar-refractivity contribution in [1.29, 1.82) is 0 Å². The van der Waals surface area contributed by atoms with Crippen molar-refractivity contribution in [3.63, 3.8) is 0 Å². The number of carbonyl (C=O) groups is 2. The first-order valence-corrected chi connectivity index (χ1v) is 9.03. The van der Waals surface area contributed by atoms with Gasteiger partial charge in [-0.1, -0.05) is 18.2 Å². The van der Waals surface area contributed by atoms with E-state index >= 15 is 0 Å². The molecule has 6 nitrogen and oxygen atoms in total. The van der Waals surface area contributed by atoms with Crippen LogP contribution in [0.2, 0.25) is 0 Å². The maximum atomic E-state index is 12.7. The van der Waals surface area contributed by atoms with E-state index < -0.39 is 12.1 Å². The lowest BCUT2D eigenvalue weighted by Crippen LogP contribution is -2.30. The Labute approximate surface area is 162 Å². The summed E-state index contributed by atoms with van der Waals surface area (Å²) in [6, 6.07) is 10.7. The number of esters is 1. The molecule has 28 heavy (non-hydrogen) atoms. The van der Waals surface area contributed by atoms with Crippen LogP contribution in [0.5, 0.6) is 0 Å². The number of para-hydroxylation sites is 1. The number of rotatable bonds is 5. The Morgan fingerprint density at radius 2 is 1.75 bits per heavy atom. The lowest BCUT2D eigenvalue weighted by molar-refractivity contribution is -0.147. The number of aromatic nitrogens is 2. The van der Waals surface area contributed by atoms with Crippen molar-refractivity contribution >= 4 is 22.7 Å². The standard InChI is InChI=1S/C22H22N2O4/c1-13-9-15(3)18(10-14(13)2)21(26)16(4)28-20(25)11-24-12-23-19-8-6-5-7-17(19)22(24)27/h5-10,12,16H,11H2,1-4H3. The molecule has 0 radical (unpaired) electrons. The largest absolute Gasteiger partial charge is 0.453 e. The zero-order valence-electron chi connectivity index (χ0n) is 16.4. The van der Waals surface area contributed by atoms with E-state index in [9.17, 15) is 14.4 Å². The van der Waals surface area contributed by atoms with Gasteiger partial charge in [0.1, 0.15) is 6.54 Å². The molecule has 0 aliphatic carbocycles. The van der Waals surface area contributed by atoms with Crippen molar-refractivity contribution in [2.75, 3.05) is 0 Å². The number of hydrogen-bond donors (Lipinski definition) is 0. The molecule has 0 fully saturated rings. The number of Topliss-reactive ketones (excluding diaryl/α,β-unsaturated/α-hetero) is 1. The van der Waals surface area contributed by atoms with Crippen LogP contribution in [0, 0.1) is 20.8 Å². The Morgan fingerprint density at radius 1 is 1.07 bits per heavy atom. The number of ketones is 1. The summed E-state index contributed by atoms with van der Waals surface area (Å²) >= 11 is 0. The van der Waals surface area contributed by atoms with E-state index in [1.807, 2.05) is 32.9 Å². The van der Waals surface area contributed by atoms with E-state index in [0.717, 1.165) is 16.7 Å². The van der Waals surface area contributed by atoms with Crippen molar-refractivity contribution in [2.24, 2.45) is 0 Å². The van der Waals surface area contributed by atoms with Crippen LogP contribution in [-0.2, 0) is 16.1 Å². The third-order valence-corrected chi connectivity index (χ3v) is 4.81. The minimum atomic E-state index is -0.947. The number of ether oxygens (including phenoxy) is 1. The predicted octanol–water partition coefficient (Wildman–Crippen LogP) is 3.14. The van der Waals surface area contributed by atoms with Crippen LogP contribution in [0.3, 0.4) is 0 Å². The normalized spacial score (nSPS) is 12.0. The van der Waals surface area contributed by atoms with Gasteiger partial charge in [0.2, 0.25) is 5.78 Å². The predicted molar refractivity (Wildman–Crippen MR) is 107 cm³/mol. The van der Waals surface area contributed by atoms with Crippen molar-refractivity contribution in [3.8, 4) is 0 Å². The number of hydrogen-bond acceptors (Lipinski definition) is 5. The van der Waals surface area contributed by atoms with Gasteiger partial charge in [-0.05, 0) is 62.6 Å². The molecule has 0 aliphatic rings. The Morgan fingerprint density at radius 3 is 2.50 bits per heavy atom. The number of nitrogens with zero attached hydrogens (tertiary/aromatic N) is 2. The second-order valence-electron chi connectivity index (χ2n) is 6.94. The van der Waals surface area contributed by atoms with Crippen molar-refractivity contribution in [2.45, 2.75) is 40.3 Å². The molecule has 0 bridgehead atoms. The maximum absolute atomic E-state index is 12.7. The van der Waals surface area contributed by atoms with Gasteiger partial charge in [-0.3, -0.25) is 19.0 Å². The maximum Gasteiger partial charge on any atom is 0.326 e. The highest BCUT2D eigenvalue weighted by Gasteiger charge is 2.22. The molecule has 0 saturated heterocycles. The van der Waals surface area contributed by atoms with Gasteiger partial charge in [-0.15, -0.1) is 0 Å². The van der Waals surface area contributed by atoms with E-state index in [4.69, 9.17) is 4.74 Å². The molecular formula is C22H22N2O4. The van der Waals surface area contributed by atoms with Gasteiger partial charge in [-0.25, -0.2) is 4.98 Å². The molecule has 2 aromatic carbocycles. The van der Waals surface area contributed by atoms with E-state index in [1.54, 1.807) is 24.3 Å². The lowest BCUT2D eigenvalue weighted by Gasteiger charge is -2.15. The minimum absolute atomic E-state index is 0.266. The van der Waals surface area contributed by atoms with E-state index in [-0.39, 0.29) is 17.9 Å². The van der Waals surface area contributed by atoms with Crippen molar-refractivity contribution < 1.29 is 14.3 Å². The molecule has 0 aliphatic heterocycles. The zero-order chi connectivity index (χ0) is 20.4. The highest BCUT2D eigenvalue weighted by molar-refractivity contribution is 6.01. The fourth-order valence-electron chi connectivity index (χ4n) is 3.09. The third kappa shape index (κ3) is 3.86. The third-order valence-electron chi connectivity index (χ3n) is 4.81. The molecule has 0 spiro atoms. The Hall–Kier alpha value is -3.28. The van der Waals surface area contributed by atoms with Crippen LogP contribution in [-0.4, -0.2) is 27.4 Å². The highest BCUT2D eigenvalue weighted by Crippen LogP contribution is 2.18. The molecule has 0 amide bonds. The fourth-order valence-corrected chi connectivity index (χ4v) is 3.09. The summed E-state index contributed by atoms with van der Waals surface area (Å²) in [5, 5.41) is 0.424. The van der Waals surface area contributed by atoms with Crippen LogP contribution >= 0.6 is 0 Å². The van der Waals surface area contributed by atoms with Crippen molar-refractivity contribution in [1.82, 2.24) is 9.55 Å². The molecule has 3 aromatic rings. The van der Waals surface area contributed by atoms with Gasteiger partial charge in [0, 0.05) is 5.56 Å². The van der Waals surface area contributed by atoms with E-state index in [1.165, 1.54) is 17.8 Å². The molecule has 3 rings (SSSR count). The Balaban J connectivity index is 1.74. The van der Waals surface area contributed by atoms with Crippen molar-refractivity contribution in [3.05, 3.63) is 75.3 Å². The number of carbonyl (C=O) groups excluding carboxylic acids is 2. The first-order valence-electron chi connectivity index (χ1n) is 9.03. The average molecular weight is 378 g/mol. The zero-order valence-corrected chi connectivity index (χ0v) is 16.4. The highest BCUT2D eigenvalue weighted by atomic mass is 16.5. The molecule has 1 aromatic heterocycles. The van der Waals surface area contributed by atoms with Gasteiger partial charge < -0.3 is 4.74 Å². The topological polar surface area (TPSA) is 78.3 Å². The van der Waals surface area contributed by atoms with Crippen LogP contribution in [0.15, 0.2) is 47.5 Å². The lowest BCUT2D eigenvalue weighted by atomic mass is 9.96. The smallest absolute Gasteiger partial charge is 0.326 e. The minimum Gasteiger partial charge on any atom is -0.453 e. The molecule has 144 valence electrons. The molecule has 0 N–H and O–H groups in total. The number of benzene rings is 2. The van der Waals surface area contributed by atoms with Crippen LogP contribution in [0.4, 0.5) is 0 Å². The van der Waals surface area contributed by atoms with E-state index in [2.05, 4.69) is 4.98 Å². The monoisotopic (exact) mass is 378 g/mol. The van der Waals surface area contributed by atoms with Gasteiger partial charge in [-0.2, -0.15) is 0 Å². The van der Waals surface area contributed by atoms with Gasteiger partial charge in [0.15, 0.2) is 6.10 Å². The summed E-state index contributed by atoms with van der Waals surface area (Å²) in [5.41, 5.74) is 3.71. The van der Waals surface area contributed by atoms with Gasteiger partial charge in [0.05, 0.1) is 17.2 Å². The summed E-state index contributed by atoms with van der Waals surface area (Å²) in [4.78, 5) is 41.6. The molecule has 6 heteroatoms. The SMILES string of the molecule is Cc1cc(C)c(C(=O)C(C)OC(=O)Cn2cnc3ccccc3c2=O)cc1C. The number of fused-ring (bicyclic) bond motifs is 1. The summed E-state index contributed by atoms with van der Waals surface area (Å²) in [6.07, 6.45) is 0.365. The second kappa shape index (κ2) is 7.76. The van der Waals surface area contributed by atoms with E-state index in [0.29, 0.717) is 16.5 Å². The fraction of sp³-hybridized carbons (Fsp3) is 0.273. The second-order valence-corrected chi connectivity index (χ2v) is 6.94. The summed E-state index contributed by atoms with van der Waals surface area (Å²) in [6.45, 7) is 7.00. The van der Waals surface area contributed by atoms with Crippen LogP contribution in [0.25, 0.3) is 10.9 Å². The molecule has 0 saturated carbocycles. The first-order chi connectivity index (χ1) is 13.3. The molecular weight excluding hydrogens is 356 g/mol. The van der Waals surface area contributed by atoms with Gasteiger partial charge in [0.25, 0.3) is 5.56 Å². The summed E-state index contributed by atoms with van der Waals surface area (Å²) in [5.74, 6) is -0.931. The first kappa shape index (κ1) is 19.5. The summed E-state index contributed by atoms with van der Waals surface area (Å²) in [7, 11) is 0. The summed E-state index contributed by atoms with van der Waals surface area (Å²) < 4.78 is 6.47. The number of aryl methyl sites for hydroxylation is 3.